The van der Waals surface area contributed by atoms with Gasteiger partial charge >= 0.3 is 0 Å². The van der Waals surface area contributed by atoms with Gasteiger partial charge in [-0.1, -0.05) is 11.8 Å². The van der Waals surface area contributed by atoms with E-state index in [1.54, 1.807) is 22.5 Å². The monoisotopic (exact) mass is 409 g/mol. The van der Waals surface area contributed by atoms with E-state index in [4.69, 9.17) is 0 Å². The second kappa shape index (κ2) is 7.67. The average Bonchev–Trinajstić information content (AvgIpc) is 3.45. The van der Waals surface area contributed by atoms with E-state index in [1.165, 1.54) is 0 Å². The van der Waals surface area contributed by atoms with Crippen LogP contribution >= 0.6 is 11.8 Å². The minimum atomic E-state index is -0.0986. The molecule has 4 heterocycles. The lowest BCUT2D eigenvalue weighted by molar-refractivity contribution is -0.121. The standard InChI is InChI=1S/C21H23N5O2S/c27-18(22-9-3-10-25-11-7-14-4-2-8-23-19(14)25)12-15-13-29-21-24-17-6-1-5-16(17)20(28)26(15)21/h2,4,7-8,11,15H,1,3,5-6,9-10,12-13H2,(H,22,27)/t15-/m1/s1. The van der Waals surface area contributed by atoms with E-state index in [9.17, 15) is 9.59 Å². The van der Waals surface area contributed by atoms with Gasteiger partial charge in [0.2, 0.25) is 5.91 Å². The topological polar surface area (TPSA) is 81.8 Å². The van der Waals surface area contributed by atoms with Crippen molar-refractivity contribution in [2.24, 2.45) is 0 Å². The molecule has 0 radical (unpaired) electrons. The third-order valence-corrected chi connectivity index (χ3v) is 6.81. The molecular weight excluding hydrogens is 386 g/mol. The fraction of sp³-hybridized carbons (Fsp3) is 0.429. The Hall–Kier alpha value is -2.61. The number of rotatable bonds is 6. The molecule has 5 rings (SSSR count). The van der Waals surface area contributed by atoms with Gasteiger partial charge in [-0.2, -0.15) is 0 Å². The van der Waals surface area contributed by atoms with Crippen LogP contribution in [0.3, 0.4) is 0 Å². The quantitative estimate of drug-likeness (QED) is 0.499. The van der Waals surface area contributed by atoms with Crippen LogP contribution in [0.25, 0.3) is 11.0 Å². The zero-order valence-electron chi connectivity index (χ0n) is 16.1. The van der Waals surface area contributed by atoms with E-state index in [2.05, 4.69) is 25.9 Å². The second-order valence-electron chi connectivity index (χ2n) is 7.65. The lowest BCUT2D eigenvalue weighted by Crippen LogP contribution is -2.32. The van der Waals surface area contributed by atoms with Gasteiger partial charge in [0.15, 0.2) is 5.16 Å². The van der Waals surface area contributed by atoms with Gasteiger partial charge in [-0.15, -0.1) is 0 Å². The molecule has 0 fully saturated rings. The third kappa shape index (κ3) is 3.46. The molecule has 0 bridgehead atoms. The summed E-state index contributed by atoms with van der Waals surface area (Å²) in [6.45, 7) is 1.41. The zero-order chi connectivity index (χ0) is 19.8. The summed E-state index contributed by atoms with van der Waals surface area (Å²) in [6, 6.07) is 5.93. The highest BCUT2D eigenvalue weighted by atomic mass is 32.2. The van der Waals surface area contributed by atoms with Gasteiger partial charge in [-0.05, 0) is 43.9 Å². The van der Waals surface area contributed by atoms with E-state index in [0.29, 0.717) is 13.0 Å². The number of thioether (sulfide) groups is 1. The fourth-order valence-corrected chi connectivity index (χ4v) is 5.42. The third-order valence-electron chi connectivity index (χ3n) is 5.71. The minimum Gasteiger partial charge on any atom is -0.356 e. The van der Waals surface area contributed by atoms with Crippen LogP contribution in [0, 0.1) is 0 Å². The maximum absolute atomic E-state index is 12.8. The predicted molar refractivity (Wildman–Crippen MR) is 112 cm³/mol. The van der Waals surface area contributed by atoms with Crippen LogP contribution in [0.15, 0.2) is 40.5 Å². The maximum atomic E-state index is 12.8. The highest BCUT2D eigenvalue weighted by molar-refractivity contribution is 7.99. The normalized spacial score (nSPS) is 17.4. The summed E-state index contributed by atoms with van der Waals surface area (Å²) in [7, 11) is 0. The lowest BCUT2D eigenvalue weighted by atomic mass is 10.2. The molecule has 29 heavy (non-hydrogen) atoms. The zero-order valence-corrected chi connectivity index (χ0v) is 17.0. The predicted octanol–water partition coefficient (Wildman–Crippen LogP) is 2.33. The van der Waals surface area contributed by atoms with E-state index in [-0.39, 0.29) is 17.5 Å². The number of nitrogens with zero attached hydrogens (tertiary/aromatic N) is 4. The van der Waals surface area contributed by atoms with Crippen molar-refractivity contribution in [3.05, 3.63) is 52.2 Å². The Morgan fingerprint density at radius 1 is 1.31 bits per heavy atom. The highest BCUT2D eigenvalue weighted by Crippen LogP contribution is 2.33. The molecule has 1 aliphatic heterocycles. The van der Waals surface area contributed by atoms with Gasteiger partial charge in [0.1, 0.15) is 5.65 Å². The molecule has 7 nitrogen and oxygen atoms in total. The molecule has 0 saturated carbocycles. The maximum Gasteiger partial charge on any atom is 0.257 e. The van der Waals surface area contributed by atoms with Crippen molar-refractivity contribution in [2.45, 2.75) is 49.8 Å². The van der Waals surface area contributed by atoms with Crippen LogP contribution in [-0.2, 0) is 24.2 Å². The van der Waals surface area contributed by atoms with Crippen LogP contribution in [0.5, 0.6) is 0 Å². The first kappa shape index (κ1) is 18.4. The number of hydrogen-bond acceptors (Lipinski definition) is 5. The van der Waals surface area contributed by atoms with Crippen molar-refractivity contribution in [2.75, 3.05) is 12.3 Å². The van der Waals surface area contributed by atoms with Crippen molar-refractivity contribution >= 4 is 28.7 Å². The summed E-state index contributed by atoms with van der Waals surface area (Å²) in [4.78, 5) is 34.3. The molecule has 150 valence electrons. The highest BCUT2D eigenvalue weighted by Gasteiger charge is 2.30. The number of pyridine rings is 1. The number of carbonyl (C=O) groups is 1. The van der Waals surface area contributed by atoms with E-state index in [1.807, 2.05) is 18.3 Å². The molecule has 1 amide bonds. The van der Waals surface area contributed by atoms with Gasteiger partial charge in [-0.3, -0.25) is 14.2 Å². The first-order valence-corrected chi connectivity index (χ1v) is 11.1. The number of aryl methyl sites for hydroxylation is 2. The number of nitrogens with one attached hydrogen (secondary N) is 1. The van der Waals surface area contributed by atoms with Crippen molar-refractivity contribution in [1.29, 1.82) is 0 Å². The van der Waals surface area contributed by atoms with Gasteiger partial charge in [0.25, 0.3) is 5.56 Å². The Bertz CT molecular complexity index is 1140. The molecular formula is C21H23N5O2S. The molecule has 2 aliphatic rings. The van der Waals surface area contributed by atoms with Crippen molar-refractivity contribution < 1.29 is 4.79 Å². The largest absolute Gasteiger partial charge is 0.356 e. The van der Waals surface area contributed by atoms with Gasteiger partial charge in [0, 0.05) is 48.6 Å². The van der Waals surface area contributed by atoms with Gasteiger partial charge < -0.3 is 9.88 Å². The number of hydrogen-bond donors (Lipinski definition) is 1. The molecule has 0 aromatic carbocycles. The fourth-order valence-electron chi connectivity index (χ4n) is 4.27. The van der Waals surface area contributed by atoms with Crippen molar-refractivity contribution in [3.63, 3.8) is 0 Å². The summed E-state index contributed by atoms with van der Waals surface area (Å²) < 4.78 is 3.86. The Morgan fingerprint density at radius 3 is 3.17 bits per heavy atom. The minimum absolute atomic E-state index is 0.00802. The molecule has 0 unspecified atom stereocenters. The second-order valence-corrected chi connectivity index (χ2v) is 8.63. The van der Waals surface area contributed by atoms with Crippen LogP contribution in [0.2, 0.25) is 0 Å². The van der Waals surface area contributed by atoms with Crippen LogP contribution in [0.1, 0.15) is 36.6 Å². The number of amides is 1. The van der Waals surface area contributed by atoms with E-state index in [0.717, 1.165) is 65.4 Å². The van der Waals surface area contributed by atoms with E-state index >= 15 is 0 Å². The lowest BCUT2D eigenvalue weighted by Gasteiger charge is -2.14. The summed E-state index contributed by atoms with van der Waals surface area (Å²) in [5, 5.41) is 4.91. The van der Waals surface area contributed by atoms with Crippen LogP contribution in [0.4, 0.5) is 0 Å². The molecule has 1 atom stereocenters. The Balaban J connectivity index is 1.16. The summed E-state index contributed by atoms with van der Waals surface area (Å²) >= 11 is 1.59. The smallest absolute Gasteiger partial charge is 0.257 e. The summed E-state index contributed by atoms with van der Waals surface area (Å²) in [5.74, 6) is 0.728. The van der Waals surface area contributed by atoms with Gasteiger partial charge in [-0.25, -0.2) is 9.97 Å². The van der Waals surface area contributed by atoms with Crippen LogP contribution in [-0.4, -0.2) is 37.3 Å². The molecule has 1 N–H and O–H groups in total. The summed E-state index contributed by atoms with van der Waals surface area (Å²) in [6.07, 6.45) is 7.70. The average molecular weight is 410 g/mol. The van der Waals surface area contributed by atoms with Crippen LogP contribution < -0.4 is 10.9 Å². The van der Waals surface area contributed by atoms with E-state index < -0.39 is 0 Å². The SMILES string of the molecule is O=C(C[C@@H]1CSc2nc3c(c(=O)n21)CCC3)NCCCn1ccc2cccnc21. The first-order valence-electron chi connectivity index (χ1n) is 10.1. The van der Waals surface area contributed by atoms with Gasteiger partial charge in [0.05, 0.1) is 11.7 Å². The Labute approximate surface area is 172 Å². The Morgan fingerprint density at radius 2 is 2.24 bits per heavy atom. The molecule has 1 aliphatic carbocycles. The molecule has 3 aromatic heterocycles. The molecule has 0 spiro atoms. The molecule has 3 aromatic rings. The molecule has 8 heteroatoms. The Kier molecular flexibility index (Phi) is 4.87. The summed E-state index contributed by atoms with van der Waals surface area (Å²) in [5.41, 5.74) is 2.86. The number of aromatic nitrogens is 4. The number of carbonyl (C=O) groups excluding carboxylic acids is 1. The molecule has 0 saturated heterocycles. The van der Waals surface area contributed by atoms with Crippen molar-refractivity contribution in [3.8, 4) is 0 Å². The first-order chi connectivity index (χ1) is 14.2. The van der Waals surface area contributed by atoms with Crippen molar-refractivity contribution in [1.82, 2.24) is 24.4 Å². The number of fused-ring (bicyclic) bond motifs is 3.